The highest BCUT2D eigenvalue weighted by Gasteiger charge is 2.28. The van der Waals surface area contributed by atoms with Gasteiger partial charge in [-0.3, -0.25) is 4.58 Å². The monoisotopic (exact) mass is 386 g/mol. The molecule has 2 heterocycles. The second kappa shape index (κ2) is 8.28. The molecule has 0 spiro atoms. The van der Waals surface area contributed by atoms with Crippen LogP contribution in [-0.4, -0.2) is 28.6 Å². The highest BCUT2D eigenvalue weighted by atomic mass is 15.3. The molecule has 0 amide bonds. The summed E-state index contributed by atoms with van der Waals surface area (Å²) < 4.78 is 4.73. The fourth-order valence-corrected chi connectivity index (χ4v) is 4.28. The first-order chi connectivity index (χ1) is 14.0. The zero-order valence-corrected chi connectivity index (χ0v) is 18.0. The van der Waals surface area contributed by atoms with Crippen LogP contribution in [0.2, 0.25) is 0 Å². The highest BCUT2D eigenvalue weighted by Crippen LogP contribution is 2.35. The van der Waals surface area contributed by atoms with E-state index in [-0.39, 0.29) is 0 Å². The quantitative estimate of drug-likeness (QED) is 0.488. The van der Waals surface area contributed by atoms with E-state index in [1.165, 1.54) is 28.2 Å². The number of para-hydroxylation sites is 2. The third kappa shape index (κ3) is 4.00. The Bertz CT molecular complexity index is 970. The standard InChI is InChI=1S/C26H32N3/c1-20(2)24-13-8-14-25(21(3)4)26(24)28-17-16-27(19-28)18-23-12-9-15-29(23)22-10-6-5-7-11-22/h5-15,19-21H,16-18H2,1-4H3/q+1. The molecule has 2 aromatic carbocycles. The van der Waals surface area contributed by atoms with E-state index in [1.54, 1.807) is 0 Å². The SMILES string of the molecule is CC(C)c1cccc(C(C)C)c1N1C=[N+](Cc2cccn2-c2ccccc2)CC1. The van der Waals surface area contributed by atoms with Gasteiger partial charge < -0.3 is 4.57 Å². The van der Waals surface area contributed by atoms with E-state index >= 15 is 0 Å². The molecule has 1 aliphatic heterocycles. The molecule has 0 bridgehead atoms. The van der Waals surface area contributed by atoms with Crippen molar-refractivity contribution < 1.29 is 4.58 Å². The van der Waals surface area contributed by atoms with Crippen LogP contribution in [0.5, 0.6) is 0 Å². The largest absolute Gasteiger partial charge is 0.317 e. The number of aromatic nitrogens is 1. The molecular formula is C26H32N3+. The van der Waals surface area contributed by atoms with Crippen molar-refractivity contribution in [3.05, 3.63) is 83.7 Å². The minimum atomic E-state index is 0.515. The van der Waals surface area contributed by atoms with Crippen molar-refractivity contribution in [1.29, 1.82) is 0 Å². The summed E-state index contributed by atoms with van der Waals surface area (Å²) in [4.78, 5) is 2.47. The summed E-state index contributed by atoms with van der Waals surface area (Å²) >= 11 is 0. The molecule has 1 aliphatic rings. The van der Waals surface area contributed by atoms with Gasteiger partial charge in [0.1, 0.15) is 25.3 Å². The topological polar surface area (TPSA) is 11.2 Å². The molecule has 3 nitrogen and oxygen atoms in total. The van der Waals surface area contributed by atoms with E-state index in [4.69, 9.17) is 0 Å². The zero-order valence-electron chi connectivity index (χ0n) is 18.0. The molecular weight excluding hydrogens is 354 g/mol. The first-order valence-corrected chi connectivity index (χ1v) is 10.7. The van der Waals surface area contributed by atoms with Gasteiger partial charge in [0.05, 0.1) is 5.69 Å². The summed E-state index contributed by atoms with van der Waals surface area (Å²) in [6, 6.07) is 21.8. The Kier molecular flexibility index (Phi) is 5.57. The van der Waals surface area contributed by atoms with E-state index in [1.807, 2.05) is 0 Å². The van der Waals surface area contributed by atoms with Crippen molar-refractivity contribution >= 4 is 12.0 Å². The van der Waals surface area contributed by atoms with E-state index in [0.717, 1.165) is 19.6 Å². The van der Waals surface area contributed by atoms with Crippen LogP contribution in [0, 0.1) is 0 Å². The minimum absolute atomic E-state index is 0.515. The predicted molar refractivity (Wildman–Crippen MR) is 123 cm³/mol. The van der Waals surface area contributed by atoms with E-state index in [9.17, 15) is 0 Å². The Morgan fingerprint density at radius 1 is 0.828 bits per heavy atom. The van der Waals surface area contributed by atoms with Gasteiger partial charge in [-0.2, -0.15) is 0 Å². The molecule has 0 radical (unpaired) electrons. The Labute approximate surface area is 174 Å². The van der Waals surface area contributed by atoms with Crippen molar-refractivity contribution in [2.75, 3.05) is 18.0 Å². The number of nitrogens with zero attached hydrogens (tertiary/aromatic N) is 3. The molecule has 0 saturated carbocycles. The van der Waals surface area contributed by atoms with E-state index < -0.39 is 0 Å². The van der Waals surface area contributed by atoms with Gasteiger partial charge in [-0.15, -0.1) is 0 Å². The van der Waals surface area contributed by atoms with Gasteiger partial charge in [0, 0.05) is 23.0 Å². The Hall–Kier alpha value is -2.81. The molecule has 0 N–H and O–H groups in total. The molecule has 0 saturated heterocycles. The lowest BCUT2D eigenvalue weighted by molar-refractivity contribution is -0.530. The second-order valence-corrected chi connectivity index (χ2v) is 8.58. The fraction of sp³-hybridized carbons (Fsp3) is 0.346. The maximum atomic E-state index is 2.47. The van der Waals surface area contributed by atoms with Crippen molar-refractivity contribution in [3.8, 4) is 5.69 Å². The van der Waals surface area contributed by atoms with Gasteiger partial charge in [0.2, 0.25) is 6.34 Å². The molecule has 0 atom stereocenters. The van der Waals surface area contributed by atoms with Crippen molar-refractivity contribution in [1.82, 2.24) is 4.57 Å². The third-order valence-electron chi connectivity index (χ3n) is 5.79. The third-order valence-corrected chi connectivity index (χ3v) is 5.79. The molecule has 1 aromatic heterocycles. The summed E-state index contributed by atoms with van der Waals surface area (Å²) in [5.74, 6) is 1.03. The van der Waals surface area contributed by atoms with Crippen LogP contribution < -0.4 is 4.90 Å². The number of rotatable bonds is 6. The summed E-state index contributed by atoms with van der Waals surface area (Å²) in [5.41, 5.74) is 6.84. The molecule has 150 valence electrons. The number of benzene rings is 2. The van der Waals surface area contributed by atoms with Crippen molar-refractivity contribution in [2.45, 2.75) is 46.1 Å². The summed E-state index contributed by atoms with van der Waals surface area (Å²) in [5, 5.41) is 0. The van der Waals surface area contributed by atoms with Crippen LogP contribution in [0.1, 0.15) is 56.4 Å². The van der Waals surface area contributed by atoms with Crippen LogP contribution in [0.4, 0.5) is 5.69 Å². The van der Waals surface area contributed by atoms with Gasteiger partial charge in [-0.1, -0.05) is 64.1 Å². The Morgan fingerprint density at radius 2 is 1.52 bits per heavy atom. The smallest absolute Gasteiger partial charge is 0.239 e. The van der Waals surface area contributed by atoms with Gasteiger partial charge >= 0.3 is 0 Å². The summed E-state index contributed by atoms with van der Waals surface area (Å²) in [7, 11) is 0. The Morgan fingerprint density at radius 3 is 2.17 bits per heavy atom. The zero-order chi connectivity index (χ0) is 20.4. The van der Waals surface area contributed by atoms with Crippen molar-refractivity contribution in [3.63, 3.8) is 0 Å². The number of hydrogen-bond acceptors (Lipinski definition) is 1. The van der Waals surface area contributed by atoms with Gasteiger partial charge in [0.25, 0.3) is 0 Å². The highest BCUT2D eigenvalue weighted by molar-refractivity contribution is 5.81. The molecule has 0 fully saturated rings. The normalized spacial score (nSPS) is 14.1. The average Bonchev–Trinajstić information content (AvgIpc) is 3.38. The number of hydrogen-bond donors (Lipinski definition) is 0. The van der Waals surface area contributed by atoms with Crippen LogP contribution in [-0.2, 0) is 6.54 Å². The second-order valence-electron chi connectivity index (χ2n) is 8.58. The van der Waals surface area contributed by atoms with Crippen molar-refractivity contribution in [2.24, 2.45) is 0 Å². The predicted octanol–water partition coefficient (Wildman–Crippen LogP) is 5.79. The van der Waals surface area contributed by atoms with Gasteiger partial charge in [-0.05, 0) is 36.1 Å². The molecule has 4 rings (SSSR count). The van der Waals surface area contributed by atoms with E-state index in [0.29, 0.717) is 11.8 Å². The van der Waals surface area contributed by atoms with Crippen LogP contribution in [0.3, 0.4) is 0 Å². The van der Waals surface area contributed by atoms with Gasteiger partial charge in [0.15, 0.2) is 0 Å². The average molecular weight is 387 g/mol. The minimum Gasteiger partial charge on any atom is -0.317 e. The van der Waals surface area contributed by atoms with Crippen LogP contribution in [0.25, 0.3) is 5.69 Å². The molecule has 0 aliphatic carbocycles. The molecule has 29 heavy (non-hydrogen) atoms. The Balaban J connectivity index is 1.63. The van der Waals surface area contributed by atoms with Crippen LogP contribution in [0.15, 0.2) is 66.9 Å². The first kappa shape index (κ1) is 19.5. The van der Waals surface area contributed by atoms with Gasteiger partial charge in [-0.25, -0.2) is 4.90 Å². The van der Waals surface area contributed by atoms with Crippen LogP contribution >= 0.6 is 0 Å². The lowest BCUT2D eigenvalue weighted by atomic mass is 9.92. The molecule has 3 aromatic rings. The maximum Gasteiger partial charge on any atom is 0.239 e. The maximum absolute atomic E-state index is 2.47. The molecule has 3 heteroatoms. The first-order valence-electron chi connectivity index (χ1n) is 10.7. The fourth-order valence-electron chi connectivity index (χ4n) is 4.28. The summed E-state index contributed by atoms with van der Waals surface area (Å²) in [6.07, 6.45) is 4.48. The summed E-state index contributed by atoms with van der Waals surface area (Å²) in [6.45, 7) is 12.2. The molecule has 0 unspecified atom stereocenters. The lowest BCUT2D eigenvalue weighted by Gasteiger charge is -2.20. The lowest BCUT2D eigenvalue weighted by Crippen LogP contribution is -2.22. The van der Waals surface area contributed by atoms with E-state index in [2.05, 4.69) is 115 Å². The number of anilines is 1.